The molecule has 154 valence electrons. The van der Waals surface area contributed by atoms with Crippen molar-refractivity contribution in [2.75, 3.05) is 46.4 Å². The van der Waals surface area contributed by atoms with Crippen molar-refractivity contribution in [3.63, 3.8) is 0 Å². The Morgan fingerprint density at radius 3 is 2.00 bits per heavy atom. The van der Waals surface area contributed by atoms with Gasteiger partial charge in [-0.05, 0) is 82.8 Å². The molecule has 0 aromatic rings. The largest absolute Gasteiger partial charge is 0.381 e. The van der Waals surface area contributed by atoms with E-state index >= 15 is 0 Å². The van der Waals surface area contributed by atoms with Gasteiger partial charge in [0.25, 0.3) is 0 Å². The molecular formula is C19H37Cl2N3O2. The van der Waals surface area contributed by atoms with Gasteiger partial charge in [0.2, 0.25) is 5.91 Å². The summed E-state index contributed by atoms with van der Waals surface area (Å²) in [5, 5.41) is 0. The zero-order valence-electron chi connectivity index (χ0n) is 16.1. The lowest BCUT2D eigenvalue weighted by molar-refractivity contribution is -0.135. The molecule has 3 aliphatic rings. The Hall–Kier alpha value is -0.0700. The predicted octanol–water partition coefficient (Wildman–Crippen LogP) is 2.55. The van der Waals surface area contributed by atoms with Crippen LogP contribution in [-0.4, -0.2) is 68.2 Å². The van der Waals surface area contributed by atoms with E-state index in [0.717, 1.165) is 57.4 Å². The molecule has 0 bridgehead atoms. The van der Waals surface area contributed by atoms with Crippen LogP contribution in [0.1, 0.15) is 44.9 Å². The average molecular weight is 410 g/mol. The van der Waals surface area contributed by atoms with Crippen molar-refractivity contribution in [3.8, 4) is 0 Å². The van der Waals surface area contributed by atoms with Gasteiger partial charge in [-0.2, -0.15) is 0 Å². The number of nitrogens with zero attached hydrogens (tertiary/aromatic N) is 2. The molecule has 3 heterocycles. The van der Waals surface area contributed by atoms with Gasteiger partial charge in [-0.1, -0.05) is 0 Å². The Kier molecular flexibility index (Phi) is 10.8. The maximum Gasteiger partial charge on any atom is 0.239 e. The topological polar surface area (TPSA) is 58.8 Å². The van der Waals surface area contributed by atoms with E-state index in [9.17, 15) is 4.79 Å². The van der Waals surface area contributed by atoms with Gasteiger partial charge in [-0.25, -0.2) is 0 Å². The molecule has 0 aliphatic carbocycles. The number of carbonyl (C=O) groups excluding carboxylic acids is 1. The van der Waals surface area contributed by atoms with E-state index in [1.165, 1.54) is 38.8 Å². The number of nitrogens with two attached hydrogens (primary N) is 1. The highest BCUT2D eigenvalue weighted by molar-refractivity contribution is 5.85. The fourth-order valence-electron chi connectivity index (χ4n) is 4.77. The normalized spacial score (nSPS) is 25.2. The Morgan fingerprint density at radius 1 is 0.962 bits per heavy atom. The van der Waals surface area contributed by atoms with E-state index in [-0.39, 0.29) is 36.8 Å². The van der Waals surface area contributed by atoms with E-state index in [4.69, 9.17) is 10.5 Å². The summed E-state index contributed by atoms with van der Waals surface area (Å²) in [6.45, 7) is 5.95. The zero-order valence-corrected chi connectivity index (χ0v) is 17.7. The number of hydrogen-bond donors (Lipinski definition) is 1. The molecule has 0 unspecified atom stereocenters. The molecule has 26 heavy (non-hydrogen) atoms. The van der Waals surface area contributed by atoms with E-state index in [0.29, 0.717) is 5.92 Å². The molecule has 1 amide bonds. The van der Waals surface area contributed by atoms with E-state index < -0.39 is 0 Å². The smallest absolute Gasteiger partial charge is 0.239 e. The third-order valence-electron chi connectivity index (χ3n) is 6.53. The van der Waals surface area contributed by atoms with Gasteiger partial charge >= 0.3 is 0 Å². The van der Waals surface area contributed by atoms with Gasteiger partial charge in [0.15, 0.2) is 0 Å². The second-order valence-corrected chi connectivity index (χ2v) is 8.20. The maximum absolute atomic E-state index is 12.7. The summed E-state index contributed by atoms with van der Waals surface area (Å²) in [4.78, 5) is 17.1. The van der Waals surface area contributed by atoms with Gasteiger partial charge < -0.3 is 20.3 Å². The van der Waals surface area contributed by atoms with Crippen LogP contribution in [-0.2, 0) is 9.53 Å². The standard InChI is InChI=1S/C19H35N3O2.2ClH/c1-21-8-2-16(3-9-21)17-4-10-22(11-5-17)19(23)18(20)14-15-6-12-24-13-7-15;;/h15-18H,2-14,20H2,1H3;2*1H/t18-;;/m0../s1. The molecule has 2 N–H and O–H groups in total. The van der Waals surface area contributed by atoms with Crippen LogP contribution in [0.5, 0.6) is 0 Å². The second kappa shape index (κ2) is 11.7. The number of rotatable bonds is 4. The minimum absolute atomic E-state index is 0. The van der Waals surface area contributed by atoms with Crippen LogP contribution in [0.4, 0.5) is 0 Å². The summed E-state index contributed by atoms with van der Waals surface area (Å²) in [6, 6.07) is -0.312. The van der Waals surface area contributed by atoms with Crippen LogP contribution in [0, 0.1) is 17.8 Å². The number of amides is 1. The second-order valence-electron chi connectivity index (χ2n) is 8.20. The highest BCUT2D eigenvalue weighted by Gasteiger charge is 2.32. The van der Waals surface area contributed by atoms with Crippen LogP contribution >= 0.6 is 24.8 Å². The van der Waals surface area contributed by atoms with Crippen molar-refractivity contribution in [2.45, 2.75) is 51.0 Å². The van der Waals surface area contributed by atoms with Crippen LogP contribution in [0.25, 0.3) is 0 Å². The van der Waals surface area contributed by atoms with Crippen molar-refractivity contribution in [3.05, 3.63) is 0 Å². The number of halogens is 2. The number of carbonyl (C=O) groups is 1. The molecule has 0 aromatic heterocycles. The molecule has 3 fully saturated rings. The van der Waals surface area contributed by atoms with Crippen molar-refractivity contribution >= 4 is 30.7 Å². The molecule has 3 aliphatic heterocycles. The first-order valence-electron chi connectivity index (χ1n) is 9.94. The van der Waals surface area contributed by atoms with Crippen molar-refractivity contribution in [1.29, 1.82) is 0 Å². The quantitative estimate of drug-likeness (QED) is 0.774. The molecule has 7 heteroatoms. The molecular weight excluding hydrogens is 373 g/mol. The van der Waals surface area contributed by atoms with Crippen molar-refractivity contribution in [2.24, 2.45) is 23.5 Å². The van der Waals surface area contributed by atoms with Crippen LogP contribution < -0.4 is 5.73 Å². The fourth-order valence-corrected chi connectivity index (χ4v) is 4.77. The van der Waals surface area contributed by atoms with Gasteiger partial charge in [-0.15, -0.1) is 24.8 Å². The monoisotopic (exact) mass is 409 g/mol. The molecule has 3 rings (SSSR count). The minimum atomic E-state index is -0.312. The Bertz CT molecular complexity index is 406. The third kappa shape index (κ3) is 6.52. The van der Waals surface area contributed by atoms with E-state index in [2.05, 4.69) is 11.9 Å². The average Bonchev–Trinajstić information content (AvgIpc) is 2.63. The lowest BCUT2D eigenvalue weighted by Crippen LogP contribution is -2.49. The summed E-state index contributed by atoms with van der Waals surface area (Å²) >= 11 is 0. The summed E-state index contributed by atoms with van der Waals surface area (Å²) in [6.07, 6.45) is 7.94. The molecule has 3 saturated heterocycles. The number of likely N-dealkylation sites (tertiary alicyclic amines) is 2. The maximum atomic E-state index is 12.7. The fraction of sp³-hybridized carbons (Fsp3) is 0.947. The summed E-state index contributed by atoms with van der Waals surface area (Å²) in [5.41, 5.74) is 6.23. The first-order valence-corrected chi connectivity index (χ1v) is 9.94. The Balaban J connectivity index is 0.00000169. The highest BCUT2D eigenvalue weighted by Crippen LogP contribution is 2.32. The minimum Gasteiger partial charge on any atom is -0.381 e. The van der Waals surface area contributed by atoms with Gasteiger partial charge in [0, 0.05) is 26.3 Å². The van der Waals surface area contributed by atoms with Crippen LogP contribution in [0.2, 0.25) is 0 Å². The molecule has 5 nitrogen and oxygen atoms in total. The lowest BCUT2D eigenvalue weighted by atomic mass is 9.78. The van der Waals surface area contributed by atoms with Crippen molar-refractivity contribution in [1.82, 2.24) is 9.80 Å². The van der Waals surface area contributed by atoms with E-state index in [1.54, 1.807) is 0 Å². The zero-order chi connectivity index (χ0) is 16.9. The Morgan fingerprint density at radius 2 is 1.46 bits per heavy atom. The number of piperidine rings is 2. The summed E-state index contributed by atoms with van der Waals surface area (Å²) in [7, 11) is 2.22. The first kappa shape index (κ1) is 24.0. The lowest BCUT2D eigenvalue weighted by Gasteiger charge is -2.40. The molecule has 1 atom stereocenters. The predicted molar refractivity (Wildman–Crippen MR) is 110 cm³/mol. The van der Waals surface area contributed by atoms with Gasteiger partial charge in [0.1, 0.15) is 0 Å². The first-order chi connectivity index (χ1) is 11.6. The summed E-state index contributed by atoms with van der Waals surface area (Å²) < 4.78 is 5.39. The molecule has 0 radical (unpaired) electrons. The van der Waals surface area contributed by atoms with Crippen LogP contribution in [0.3, 0.4) is 0 Å². The van der Waals surface area contributed by atoms with Gasteiger partial charge in [-0.3, -0.25) is 4.79 Å². The van der Waals surface area contributed by atoms with Gasteiger partial charge in [0.05, 0.1) is 6.04 Å². The Labute approximate surface area is 171 Å². The van der Waals surface area contributed by atoms with E-state index in [1.807, 2.05) is 4.90 Å². The molecule has 0 spiro atoms. The molecule has 0 aromatic carbocycles. The van der Waals surface area contributed by atoms with Crippen molar-refractivity contribution < 1.29 is 9.53 Å². The SMILES string of the molecule is CN1CCC(C2CCN(C(=O)[C@@H](N)CC3CCOCC3)CC2)CC1.Cl.Cl. The highest BCUT2D eigenvalue weighted by atomic mass is 35.5. The van der Waals surface area contributed by atoms with Crippen LogP contribution in [0.15, 0.2) is 0 Å². The third-order valence-corrected chi connectivity index (χ3v) is 6.53. The number of ether oxygens (including phenoxy) is 1. The number of hydrogen-bond acceptors (Lipinski definition) is 4. The molecule has 0 saturated carbocycles. The summed E-state index contributed by atoms with van der Waals surface area (Å²) in [5.74, 6) is 2.43.